The first-order valence-electron chi connectivity index (χ1n) is 7.67. The van der Waals surface area contributed by atoms with Gasteiger partial charge in [0, 0.05) is 18.7 Å². The van der Waals surface area contributed by atoms with Crippen LogP contribution in [0.4, 0.5) is 11.6 Å². The Hall–Kier alpha value is -2.47. The topological polar surface area (TPSA) is 67.4 Å². The van der Waals surface area contributed by atoms with Crippen LogP contribution < -0.4 is 10.2 Å². The minimum Gasteiger partial charge on any atom is -0.378 e. The van der Waals surface area contributed by atoms with Crippen molar-refractivity contribution in [1.29, 1.82) is 0 Å². The lowest BCUT2D eigenvalue weighted by atomic mass is 10.1. The summed E-state index contributed by atoms with van der Waals surface area (Å²) in [7, 11) is 0. The maximum Gasteiger partial charge on any atom is 0.256 e. The van der Waals surface area contributed by atoms with Crippen molar-refractivity contribution in [3.63, 3.8) is 0 Å². The number of aromatic nitrogens is 2. The van der Waals surface area contributed by atoms with Crippen LogP contribution in [0.2, 0.25) is 0 Å². The molecule has 120 valence electrons. The summed E-state index contributed by atoms with van der Waals surface area (Å²) in [5, 5.41) is 2.84. The number of carbonyl (C=O) groups is 1. The van der Waals surface area contributed by atoms with Gasteiger partial charge in [-0.15, -0.1) is 0 Å². The van der Waals surface area contributed by atoms with Gasteiger partial charge in [0.15, 0.2) is 0 Å². The molecule has 0 aliphatic carbocycles. The second-order valence-electron chi connectivity index (χ2n) is 5.64. The first kappa shape index (κ1) is 15.4. The highest BCUT2D eigenvalue weighted by molar-refractivity contribution is 6.05. The zero-order valence-corrected chi connectivity index (χ0v) is 13.4. The summed E-state index contributed by atoms with van der Waals surface area (Å²) in [6.07, 6.45) is 3.28. The highest BCUT2D eigenvalue weighted by Gasteiger charge is 2.14. The Balaban J connectivity index is 1.69. The van der Waals surface area contributed by atoms with E-state index >= 15 is 0 Å². The van der Waals surface area contributed by atoms with Gasteiger partial charge < -0.3 is 15.0 Å². The first-order valence-corrected chi connectivity index (χ1v) is 7.67. The number of benzene rings is 1. The highest BCUT2D eigenvalue weighted by atomic mass is 16.5. The van der Waals surface area contributed by atoms with Gasteiger partial charge in [-0.3, -0.25) is 4.79 Å². The van der Waals surface area contributed by atoms with Gasteiger partial charge in [0.05, 0.1) is 31.3 Å². The number of morpholine rings is 1. The number of nitrogens with zero attached hydrogens (tertiary/aromatic N) is 3. The minimum absolute atomic E-state index is 0.148. The smallest absolute Gasteiger partial charge is 0.256 e. The predicted molar refractivity (Wildman–Crippen MR) is 88.9 cm³/mol. The Bertz CT molecular complexity index is 694. The van der Waals surface area contributed by atoms with E-state index < -0.39 is 0 Å². The Kier molecular flexibility index (Phi) is 4.52. The normalized spacial score (nSPS) is 14.6. The monoisotopic (exact) mass is 312 g/mol. The van der Waals surface area contributed by atoms with E-state index in [0.717, 1.165) is 24.2 Å². The SMILES string of the molecule is Cc1ccc(C(=O)Nc2cnc(N3CCOCC3)nc2)c(C)c1. The van der Waals surface area contributed by atoms with Gasteiger partial charge >= 0.3 is 0 Å². The summed E-state index contributed by atoms with van der Waals surface area (Å²) in [5.41, 5.74) is 3.34. The van der Waals surface area contributed by atoms with Gasteiger partial charge in [-0.2, -0.15) is 0 Å². The number of rotatable bonds is 3. The van der Waals surface area contributed by atoms with Crippen LogP contribution in [0.25, 0.3) is 0 Å². The van der Waals surface area contributed by atoms with Crippen molar-refractivity contribution in [1.82, 2.24) is 9.97 Å². The number of hydrogen-bond donors (Lipinski definition) is 1. The molecule has 0 radical (unpaired) electrons. The molecule has 1 aromatic heterocycles. The minimum atomic E-state index is -0.148. The maximum atomic E-state index is 12.3. The van der Waals surface area contributed by atoms with Crippen LogP contribution in [-0.4, -0.2) is 42.2 Å². The van der Waals surface area contributed by atoms with Crippen molar-refractivity contribution >= 4 is 17.5 Å². The molecule has 1 aliphatic rings. The third kappa shape index (κ3) is 3.65. The Morgan fingerprint density at radius 3 is 2.52 bits per heavy atom. The van der Waals surface area contributed by atoms with Gasteiger partial charge in [-0.25, -0.2) is 9.97 Å². The molecule has 6 heteroatoms. The van der Waals surface area contributed by atoms with E-state index in [9.17, 15) is 4.79 Å². The second-order valence-corrected chi connectivity index (χ2v) is 5.64. The van der Waals surface area contributed by atoms with Gasteiger partial charge in [0.1, 0.15) is 0 Å². The molecule has 2 heterocycles. The molecular formula is C17H20N4O2. The standard InChI is InChI=1S/C17H20N4O2/c1-12-3-4-15(13(2)9-12)16(22)20-14-10-18-17(19-11-14)21-5-7-23-8-6-21/h3-4,9-11H,5-8H2,1-2H3,(H,20,22). The van der Waals surface area contributed by atoms with Crippen LogP contribution in [0.15, 0.2) is 30.6 Å². The van der Waals surface area contributed by atoms with E-state index in [1.807, 2.05) is 32.0 Å². The molecule has 1 fully saturated rings. The van der Waals surface area contributed by atoms with Crippen LogP contribution in [0.5, 0.6) is 0 Å². The van der Waals surface area contributed by atoms with Crippen molar-refractivity contribution < 1.29 is 9.53 Å². The number of carbonyl (C=O) groups excluding carboxylic acids is 1. The molecule has 0 spiro atoms. The summed E-state index contributed by atoms with van der Waals surface area (Å²) in [4.78, 5) is 23.1. The number of aryl methyl sites for hydroxylation is 2. The fourth-order valence-corrected chi connectivity index (χ4v) is 2.58. The summed E-state index contributed by atoms with van der Waals surface area (Å²) in [5.74, 6) is 0.517. The molecule has 0 atom stereocenters. The lowest BCUT2D eigenvalue weighted by Crippen LogP contribution is -2.37. The van der Waals surface area contributed by atoms with Crippen LogP contribution in [0, 0.1) is 13.8 Å². The fourth-order valence-electron chi connectivity index (χ4n) is 2.58. The molecule has 1 aromatic carbocycles. The van der Waals surface area contributed by atoms with Crippen molar-refractivity contribution in [3.05, 3.63) is 47.3 Å². The van der Waals surface area contributed by atoms with E-state index in [2.05, 4.69) is 20.2 Å². The summed E-state index contributed by atoms with van der Waals surface area (Å²) in [6, 6.07) is 5.76. The third-order valence-corrected chi connectivity index (χ3v) is 3.82. The van der Waals surface area contributed by atoms with E-state index in [1.54, 1.807) is 12.4 Å². The number of ether oxygens (including phenoxy) is 1. The molecule has 1 N–H and O–H groups in total. The molecule has 1 saturated heterocycles. The third-order valence-electron chi connectivity index (χ3n) is 3.82. The Labute approximate surface area is 135 Å². The molecule has 6 nitrogen and oxygen atoms in total. The molecule has 1 aliphatic heterocycles. The van der Waals surface area contributed by atoms with Gasteiger partial charge in [0.2, 0.25) is 5.95 Å². The van der Waals surface area contributed by atoms with Gasteiger partial charge in [-0.05, 0) is 25.5 Å². The molecule has 3 rings (SSSR count). The molecule has 1 amide bonds. The number of hydrogen-bond acceptors (Lipinski definition) is 5. The second kappa shape index (κ2) is 6.75. The fraction of sp³-hybridized carbons (Fsp3) is 0.353. The highest BCUT2D eigenvalue weighted by Crippen LogP contribution is 2.15. The van der Waals surface area contributed by atoms with Crippen molar-refractivity contribution in [2.45, 2.75) is 13.8 Å². The van der Waals surface area contributed by atoms with Crippen LogP contribution in [0.1, 0.15) is 21.5 Å². The Morgan fingerprint density at radius 2 is 1.87 bits per heavy atom. The van der Waals surface area contributed by atoms with Gasteiger partial charge in [0.25, 0.3) is 5.91 Å². The summed E-state index contributed by atoms with van der Waals surface area (Å²) < 4.78 is 5.31. The average Bonchev–Trinajstić information content (AvgIpc) is 2.56. The zero-order valence-electron chi connectivity index (χ0n) is 13.4. The molecule has 0 bridgehead atoms. The maximum absolute atomic E-state index is 12.3. The van der Waals surface area contributed by atoms with E-state index in [0.29, 0.717) is 30.4 Å². The summed E-state index contributed by atoms with van der Waals surface area (Å²) >= 11 is 0. The molecule has 23 heavy (non-hydrogen) atoms. The molecule has 0 saturated carbocycles. The van der Waals surface area contributed by atoms with E-state index in [-0.39, 0.29) is 5.91 Å². The largest absolute Gasteiger partial charge is 0.378 e. The van der Waals surface area contributed by atoms with Crippen molar-refractivity contribution in [3.8, 4) is 0 Å². The summed E-state index contributed by atoms with van der Waals surface area (Å²) in [6.45, 7) is 6.89. The first-order chi connectivity index (χ1) is 11.1. The lowest BCUT2D eigenvalue weighted by molar-refractivity contribution is 0.102. The number of amides is 1. The van der Waals surface area contributed by atoms with E-state index in [1.165, 1.54) is 0 Å². The number of anilines is 2. The zero-order chi connectivity index (χ0) is 16.2. The van der Waals surface area contributed by atoms with Crippen molar-refractivity contribution in [2.24, 2.45) is 0 Å². The quantitative estimate of drug-likeness (QED) is 0.941. The molecule has 0 unspecified atom stereocenters. The predicted octanol–water partition coefficient (Wildman–Crippen LogP) is 2.18. The van der Waals surface area contributed by atoms with E-state index in [4.69, 9.17) is 4.74 Å². The number of nitrogens with one attached hydrogen (secondary N) is 1. The van der Waals surface area contributed by atoms with Crippen molar-refractivity contribution in [2.75, 3.05) is 36.5 Å². The van der Waals surface area contributed by atoms with Crippen LogP contribution in [-0.2, 0) is 4.74 Å². The molecule has 2 aromatic rings. The lowest BCUT2D eigenvalue weighted by Gasteiger charge is -2.26. The van der Waals surface area contributed by atoms with Crippen LogP contribution in [0.3, 0.4) is 0 Å². The Morgan fingerprint density at radius 1 is 1.17 bits per heavy atom. The van der Waals surface area contributed by atoms with Gasteiger partial charge in [-0.1, -0.05) is 17.7 Å². The molecular weight excluding hydrogens is 292 g/mol. The average molecular weight is 312 g/mol. The van der Waals surface area contributed by atoms with Crippen LogP contribution >= 0.6 is 0 Å².